The molecule has 8 nitrogen and oxygen atoms in total. The first-order valence-corrected chi connectivity index (χ1v) is 10.7. The van der Waals surface area contributed by atoms with Crippen LogP contribution in [-0.4, -0.2) is 35.3 Å². The highest BCUT2D eigenvalue weighted by molar-refractivity contribution is 8.06. The highest BCUT2D eigenvalue weighted by Gasteiger charge is 2.41. The van der Waals surface area contributed by atoms with Gasteiger partial charge in [-0.05, 0) is 31.2 Å². The van der Waals surface area contributed by atoms with Crippen LogP contribution in [0.15, 0.2) is 63.7 Å². The summed E-state index contributed by atoms with van der Waals surface area (Å²) < 4.78 is 12.6. The predicted molar refractivity (Wildman–Crippen MR) is 120 cm³/mol. The molecule has 1 aliphatic heterocycles. The number of rotatable bonds is 7. The number of aromatic nitrogens is 1. The van der Waals surface area contributed by atoms with Crippen molar-refractivity contribution in [3.05, 3.63) is 69.4 Å². The van der Waals surface area contributed by atoms with Gasteiger partial charge in [-0.1, -0.05) is 23.9 Å². The Balaban J connectivity index is 2.21. The minimum atomic E-state index is -0.834. The average molecular weight is 454 g/mol. The number of benzene rings is 1. The number of nitriles is 1. The topological polar surface area (TPSA) is 114 Å². The number of phenols is 1. The molecular formula is C23H23N3O5S. The summed E-state index contributed by atoms with van der Waals surface area (Å²) in [5.74, 6) is -2.09. The minimum Gasteiger partial charge on any atom is -0.506 e. The van der Waals surface area contributed by atoms with Gasteiger partial charge in [0, 0.05) is 23.8 Å². The van der Waals surface area contributed by atoms with Gasteiger partial charge in [-0.15, -0.1) is 0 Å². The van der Waals surface area contributed by atoms with E-state index < -0.39 is 17.8 Å². The van der Waals surface area contributed by atoms with Gasteiger partial charge in [0.25, 0.3) is 5.91 Å². The molecule has 0 saturated carbocycles. The number of nitrogens with zero attached hydrogens (tertiary/aromatic N) is 2. The van der Waals surface area contributed by atoms with Gasteiger partial charge >= 0.3 is 5.97 Å². The second kappa shape index (κ2) is 10.1. The third-order valence-corrected chi connectivity index (χ3v) is 6.04. The SMILES string of the molecule is CCOC1=C(C(=O)Nc2ccccc2O)C(c2cccn2C)C(C(=O)OC)=C(CC#N)S1. The van der Waals surface area contributed by atoms with Crippen LogP contribution in [-0.2, 0) is 26.1 Å². The number of amides is 1. The number of carbonyl (C=O) groups excluding carboxylic acids is 2. The normalized spacial score (nSPS) is 15.9. The van der Waals surface area contributed by atoms with E-state index in [9.17, 15) is 20.0 Å². The van der Waals surface area contributed by atoms with E-state index in [4.69, 9.17) is 9.47 Å². The van der Waals surface area contributed by atoms with Gasteiger partial charge in [0.05, 0.1) is 49.0 Å². The Labute approximate surface area is 190 Å². The Hall–Kier alpha value is -3.64. The fourth-order valence-electron chi connectivity index (χ4n) is 3.49. The number of hydrogen-bond acceptors (Lipinski definition) is 7. The fraction of sp³-hybridized carbons (Fsp3) is 0.261. The van der Waals surface area contributed by atoms with Crippen LogP contribution in [0.3, 0.4) is 0 Å². The van der Waals surface area contributed by atoms with Crippen molar-refractivity contribution in [2.24, 2.45) is 7.05 Å². The number of anilines is 1. The van der Waals surface area contributed by atoms with Crippen molar-refractivity contribution in [3.8, 4) is 11.8 Å². The molecule has 1 aromatic heterocycles. The molecule has 1 unspecified atom stereocenters. The first kappa shape index (κ1) is 23.0. The third-order valence-electron chi connectivity index (χ3n) is 4.91. The summed E-state index contributed by atoms with van der Waals surface area (Å²) in [5.41, 5.74) is 1.29. The molecule has 3 rings (SSSR count). The lowest BCUT2D eigenvalue weighted by Gasteiger charge is -2.30. The molecule has 1 amide bonds. The molecule has 0 spiro atoms. The lowest BCUT2D eigenvalue weighted by Crippen LogP contribution is -2.29. The van der Waals surface area contributed by atoms with Gasteiger partial charge in [0.2, 0.25) is 0 Å². The summed E-state index contributed by atoms with van der Waals surface area (Å²) in [6, 6.07) is 12.0. The average Bonchev–Trinajstić information content (AvgIpc) is 3.20. The van der Waals surface area contributed by atoms with Crippen LogP contribution in [0.4, 0.5) is 5.69 Å². The molecule has 1 atom stereocenters. The largest absolute Gasteiger partial charge is 0.506 e. The van der Waals surface area contributed by atoms with E-state index in [0.717, 1.165) is 11.8 Å². The first-order chi connectivity index (χ1) is 15.4. The van der Waals surface area contributed by atoms with E-state index in [0.29, 0.717) is 15.7 Å². The van der Waals surface area contributed by atoms with Crippen molar-refractivity contribution in [3.63, 3.8) is 0 Å². The smallest absolute Gasteiger partial charge is 0.335 e. The zero-order valence-electron chi connectivity index (χ0n) is 17.9. The van der Waals surface area contributed by atoms with Gasteiger partial charge < -0.3 is 24.5 Å². The Morgan fingerprint density at radius 3 is 2.59 bits per heavy atom. The number of methoxy groups -OCH3 is 1. The number of carbonyl (C=O) groups is 2. The predicted octanol–water partition coefficient (Wildman–Crippen LogP) is 3.79. The van der Waals surface area contributed by atoms with Crippen molar-refractivity contribution in [1.29, 1.82) is 5.26 Å². The minimum absolute atomic E-state index is 0.0407. The van der Waals surface area contributed by atoms with Crippen molar-refractivity contribution in [2.45, 2.75) is 19.3 Å². The number of phenolic OH excluding ortho intramolecular Hbond substituents is 1. The number of para-hydroxylation sites is 2. The monoisotopic (exact) mass is 453 g/mol. The number of thioether (sulfide) groups is 1. The molecule has 9 heteroatoms. The zero-order valence-corrected chi connectivity index (χ0v) is 18.7. The Morgan fingerprint density at radius 1 is 1.25 bits per heavy atom. The summed E-state index contributed by atoms with van der Waals surface area (Å²) >= 11 is 1.07. The summed E-state index contributed by atoms with van der Waals surface area (Å²) in [6.45, 7) is 2.07. The molecule has 1 aliphatic rings. The molecule has 0 fully saturated rings. The summed E-state index contributed by atoms with van der Waals surface area (Å²) in [7, 11) is 3.06. The lowest BCUT2D eigenvalue weighted by molar-refractivity contribution is -0.136. The van der Waals surface area contributed by atoms with E-state index in [1.54, 1.807) is 55.1 Å². The Morgan fingerprint density at radius 2 is 2.00 bits per heavy atom. The Bertz CT molecular complexity index is 1140. The molecule has 2 aromatic rings. The van der Waals surface area contributed by atoms with Crippen LogP contribution in [0.1, 0.15) is 25.0 Å². The van der Waals surface area contributed by atoms with Crippen LogP contribution in [0.2, 0.25) is 0 Å². The van der Waals surface area contributed by atoms with E-state index in [1.165, 1.54) is 13.2 Å². The second-order valence-electron chi connectivity index (χ2n) is 6.85. The maximum Gasteiger partial charge on any atom is 0.335 e. The number of hydrogen-bond donors (Lipinski definition) is 2. The summed E-state index contributed by atoms with van der Waals surface area (Å²) in [5, 5.41) is 22.5. The van der Waals surface area contributed by atoms with E-state index >= 15 is 0 Å². The van der Waals surface area contributed by atoms with Crippen LogP contribution < -0.4 is 5.32 Å². The molecule has 2 N–H and O–H groups in total. The van der Waals surface area contributed by atoms with Crippen LogP contribution in [0, 0.1) is 11.3 Å². The molecule has 0 saturated heterocycles. The van der Waals surface area contributed by atoms with Gasteiger partial charge in [-0.2, -0.15) is 5.26 Å². The van der Waals surface area contributed by atoms with Crippen molar-refractivity contribution in [1.82, 2.24) is 4.57 Å². The molecule has 0 bridgehead atoms. The highest BCUT2D eigenvalue weighted by Crippen LogP contribution is 2.49. The maximum absolute atomic E-state index is 13.5. The van der Waals surface area contributed by atoms with Crippen molar-refractivity contribution in [2.75, 3.05) is 19.0 Å². The number of ether oxygens (including phenoxy) is 2. The van der Waals surface area contributed by atoms with Crippen LogP contribution in [0.5, 0.6) is 5.75 Å². The van der Waals surface area contributed by atoms with Crippen molar-refractivity contribution < 1.29 is 24.2 Å². The molecule has 2 heterocycles. The van der Waals surface area contributed by atoms with E-state index in [1.807, 2.05) is 0 Å². The lowest BCUT2D eigenvalue weighted by atomic mass is 9.86. The number of allylic oxidation sites excluding steroid dienone is 1. The van der Waals surface area contributed by atoms with E-state index in [2.05, 4.69) is 11.4 Å². The molecule has 0 radical (unpaired) electrons. The molecule has 32 heavy (non-hydrogen) atoms. The Kier molecular flexibility index (Phi) is 7.28. The molecule has 166 valence electrons. The number of aryl methyl sites for hydroxylation is 1. The summed E-state index contributed by atoms with van der Waals surface area (Å²) in [6.07, 6.45) is 1.76. The number of nitrogens with one attached hydrogen (secondary N) is 1. The maximum atomic E-state index is 13.5. The fourth-order valence-corrected chi connectivity index (χ4v) is 4.66. The van der Waals surface area contributed by atoms with Gasteiger partial charge in [0.1, 0.15) is 5.75 Å². The zero-order chi connectivity index (χ0) is 23.3. The molecular weight excluding hydrogens is 430 g/mol. The molecule has 1 aromatic carbocycles. The van der Waals surface area contributed by atoms with Crippen LogP contribution in [0.25, 0.3) is 0 Å². The third kappa shape index (κ3) is 4.50. The second-order valence-corrected chi connectivity index (χ2v) is 7.92. The number of aromatic hydroxyl groups is 1. The number of esters is 1. The van der Waals surface area contributed by atoms with Gasteiger partial charge in [0.15, 0.2) is 5.09 Å². The van der Waals surface area contributed by atoms with Gasteiger partial charge in [-0.25, -0.2) is 4.79 Å². The highest BCUT2D eigenvalue weighted by atomic mass is 32.2. The quantitative estimate of drug-likeness (QED) is 0.484. The standard InChI is InChI=1S/C23H23N3O5S/c1-4-31-23-20(21(28)25-14-8-5-6-10-16(14)27)18(15-9-7-13-26(15)2)19(22(29)30-3)17(32-23)11-12-24/h5-10,13,18,27H,4,11H2,1-3H3,(H,25,28). The van der Waals surface area contributed by atoms with E-state index in [-0.39, 0.29) is 35.6 Å². The van der Waals surface area contributed by atoms with Gasteiger partial charge in [-0.3, -0.25) is 4.79 Å². The van der Waals surface area contributed by atoms with Crippen molar-refractivity contribution >= 4 is 29.3 Å². The first-order valence-electron chi connectivity index (χ1n) is 9.86. The summed E-state index contributed by atoms with van der Waals surface area (Å²) in [4.78, 5) is 26.9. The molecule has 0 aliphatic carbocycles. The van der Waals surface area contributed by atoms with Crippen LogP contribution >= 0.6 is 11.8 Å².